The zero-order chi connectivity index (χ0) is 17.7. The summed E-state index contributed by atoms with van der Waals surface area (Å²) in [4.78, 5) is 12.2. The molecule has 24 heavy (non-hydrogen) atoms. The number of hydrogen-bond donors (Lipinski definition) is 1. The molecule has 0 spiro atoms. The zero-order valence-corrected chi connectivity index (χ0v) is 15.1. The lowest BCUT2D eigenvalue weighted by atomic mass is 9.86. The summed E-state index contributed by atoms with van der Waals surface area (Å²) in [5, 5.41) is 6.77. The maximum Gasteiger partial charge on any atom is 0.273 e. The minimum Gasteiger partial charge on any atom is -0.383 e. The number of hydrogen-bond acceptors (Lipinski definition) is 4. The molecule has 2 rings (SSSR count). The molecule has 0 radical (unpaired) electrons. The average Bonchev–Trinajstić information content (AvgIpc) is 3.03. The lowest BCUT2D eigenvalue weighted by Crippen LogP contribution is -2.37. The number of amides is 1. The predicted octanol–water partition coefficient (Wildman–Crippen LogP) is 3.79. The Kier molecular flexibility index (Phi) is 5.78. The first-order chi connectivity index (χ1) is 11.3. The Hall–Kier alpha value is -2.14. The molecule has 1 heterocycles. The Morgan fingerprint density at radius 1 is 1.29 bits per heavy atom. The molecule has 5 nitrogen and oxygen atoms in total. The first kappa shape index (κ1) is 18.2. The summed E-state index contributed by atoms with van der Waals surface area (Å²) >= 11 is 0. The van der Waals surface area contributed by atoms with Gasteiger partial charge < -0.3 is 14.6 Å². The van der Waals surface area contributed by atoms with Crippen molar-refractivity contribution in [2.24, 2.45) is 0 Å². The van der Waals surface area contributed by atoms with Crippen LogP contribution in [0.4, 0.5) is 0 Å². The summed E-state index contributed by atoms with van der Waals surface area (Å²) in [6, 6.07) is 9.76. The number of nitrogens with zero attached hydrogens (tertiary/aromatic N) is 1. The summed E-state index contributed by atoms with van der Waals surface area (Å²) in [5.41, 5.74) is 2.52. The van der Waals surface area contributed by atoms with Gasteiger partial charge in [0.25, 0.3) is 5.91 Å². The van der Waals surface area contributed by atoms with E-state index in [1.54, 1.807) is 13.2 Å². The molecule has 1 aromatic heterocycles. The van der Waals surface area contributed by atoms with Crippen molar-refractivity contribution in [2.75, 3.05) is 13.7 Å². The summed E-state index contributed by atoms with van der Waals surface area (Å²) in [6.45, 7) is 8.98. The van der Waals surface area contributed by atoms with E-state index >= 15 is 0 Å². The first-order valence-corrected chi connectivity index (χ1v) is 8.22. The third-order valence-electron chi connectivity index (χ3n) is 3.97. The molecule has 0 bridgehead atoms. The molecular formula is C19H26N2O3. The number of benzene rings is 1. The van der Waals surface area contributed by atoms with Crippen LogP contribution in [-0.4, -0.2) is 30.8 Å². The van der Waals surface area contributed by atoms with Crippen molar-refractivity contribution in [1.29, 1.82) is 0 Å². The summed E-state index contributed by atoms with van der Waals surface area (Å²) in [7, 11) is 1.62. The second-order valence-electron chi connectivity index (χ2n) is 6.94. The van der Waals surface area contributed by atoms with E-state index in [0.717, 1.165) is 12.0 Å². The molecule has 1 aromatic carbocycles. The minimum atomic E-state index is -0.250. The van der Waals surface area contributed by atoms with E-state index in [1.807, 2.05) is 19.1 Å². The number of carbonyl (C=O) groups excluding carboxylic acids is 1. The van der Waals surface area contributed by atoms with Crippen LogP contribution in [0.2, 0.25) is 0 Å². The lowest BCUT2D eigenvalue weighted by molar-refractivity contribution is 0.0885. The number of carbonyl (C=O) groups is 1. The van der Waals surface area contributed by atoms with Crippen LogP contribution in [-0.2, 0) is 10.2 Å². The SMILES string of the molecule is CC[C@H](COC)NC(=O)c1cc(-c2ccc(C(C)(C)C)cc2)on1. The fourth-order valence-electron chi connectivity index (χ4n) is 2.37. The van der Waals surface area contributed by atoms with Crippen molar-refractivity contribution in [3.05, 3.63) is 41.6 Å². The summed E-state index contributed by atoms with van der Waals surface area (Å²) in [6.07, 6.45) is 0.790. The number of nitrogens with one attached hydrogen (secondary N) is 1. The average molecular weight is 330 g/mol. The Balaban J connectivity index is 2.11. The van der Waals surface area contributed by atoms with E-state index < -0.39 is 0 Å². The molecule has 1 N–H and O–H groups in total. The molecule has 2 aromatic rings. The van der Waals surface area contributed by atoms with Crippen LogP contribution in [0.15, 0.2) is 34.9 Å². The van der Waals surface area contributed by atoms with Crippen molar-refractivity contribution in [3.63, 3.8) is 0 Å². The monoisotopic (exact) mass is 330 g/mol. The highest BCUT2D eigenvalue weighted by Crippen LogP contribution is 2.26. The fourth-order valence-corrected chi connectivity index (χ4v) is 2.37. The molecule has 0 saturated carbocycles. The fraction of sp³-hybridized carbons (Fsp3) is 0.474. The maximum atomic E-state index is 12.2. The van der Waals surface area contributed by atoms with Crippen molar-refractivity contribution in [2.45, 2.75) is 45.6 Å². The predicted molar refractivity (Wildman–Crippen MR) is 94.1 cm³/mol. The van der Waals surface area contributed by atoms with Crippen molar-refractivity contribution in [1.82, 2.24) is 10.5 Å². The normalized spacial score (nSPS) is 12.9. The Bertz CT molecular complexity index is 669. The van der Waals surface area contributed by atoms with Crippen LogP contribution in [0, 0.1) is 0 Å². The maximum absolute atomic E-state index is 12.2. The molecule has 5 heteroatoms. The third kappa shape index (κ3) is 4.45. The van der Waals surface area contributed by atoms with E-state index in [2.05, 4.69) is 43.4 Å². The summed E-state index contributed by atoms with van der Waals surface area (Å²) in [5.74, 6) is 0.334. The van der Waals surface area contributed by atoms with Gasteiger partial charge in [-0.05, 0) is 17.4 Å². The molecule has 130 valence electrons. The van der Waals surface area contributed by atoms with E-state index in [-0.39, 0.29) is 23.1 Å². The van der Waals surface area contributed by atoms with Crippen LogP contribution in [0.25, 0.3) is 11.3 Å². The standard InChI is InChI=1S/C19H26N2O3/c1-6-15(12-23-5)20-18(22)16-11-17(24-21-16)13-7-9-14(10-8-13)19(2,3)4/h7-11,15H,6,12H2,1-5H3,(H,20,22)/t15-/m1/s1. The van der Waals surface area contributed by atoms with Gasteiger partial charge in [-0.2, -0.15) is 0 Å². The first-order valence-electron chi connectivity index (χ1n) is 8.22. The van der Waals surface area contributed by atoms with Gasteiger partial charge in [-0.3, -0.25) is 4.79 Å². The molecule has 0 saturated heterocycles. The topological polar surface area (TPSA) is 64.4 Å². The zero-order valence-electron chi connectivity index (χ0n) is 15.1. The molecule has 1 atom stereocenters. The van der Waals surface area contributed by atoms with Gasteiger partial charge >= 0.3 is 0 Å². The third-order valence-corrected chi connectivity index (χ3v) is 3.97. The second-order valence-corrected chi connectivity index (χ2v) is 6.94. The number of rotatable bonds is 6. The van der Waals surface area contributed by atoms with Gasteiger partial charge in [-0.15, -0.1) is 0 Å². The van der Waals surface area contributed by atoms with Gasteiger partial charge in [0, 0.05) is 18.7 Å². The smallest absolute Gasteiger partial charge is 0.273 e. The Morgan fingerprint density at radius 3 is 2.50 bits per heavy atom. The quantitative estimate of drug-likeness (QED) is 0.875. The molecule has 0 aliphatic heterocycles. The van der Waals surface area contributed by atoms with Crippen LogP contribution in [0.3, 0.4) is 0 Å². The van der Waals surface area contributed by atoms with E-state index in [9.17, 15) is 4.79 Å². The van der Waals surface area contributed by atoms with Crippen LogP contribution < -0.4 is 5.32 Å². The van der Waals surface area contributed by atoms with Gasteiger partial charge in [0.05, 0.1) is 12.6 Å². The molecule has 0 fully saturated rings. The van der Waals surface area contributed by atoms with Crippen LogP contribution in [0.1, 0.15) is 50.2 Å². The highest BCUT2D eigenvalue weighted by molar-refractivity contribution is 5.93. The van der Waals surface area contributed by atoms with Crippen LogP contribution >= 0.6 is 0 Å². The largest absolute Gasteiger partial charge is 0.383 e. The van der Waals surface area contributed by atoms with E-state index in [4.69, 9.17) is 9.26 Å². The minimum absolute atomic E-state index is 0.0336. The van der Waals surface area contributed by atoms with Gasteiger partial charge in [-0.1, -0.05) is 57.1 Å². The molecule has 1 amide bonds. The van der Waals surface area contributed by atoms with Gasteiger partial charge in [0.1, 0.15) is 0 Å². The molecular weight excluding hydrogens is 304 g/mol. The second kappa shape index (κ2) is 7.62. The van der Waals surface area contributed by atoms with Crippen molar-refractivity contribution in [3.8, 4) is 11.3 Å². The molecule has 0 aliphatic carbocycles. The number of ether oxygens (including phenoxy) is 1. The Labute approximate surface area is 143 Å². The molecule has 0 unspecified atom stereocenters. The van der Waals surface area contributed by atoms with Gasteiger partial charge in [-0.25, -0.2) is 0 Å². The van der Waals surface area contributed by atoms with Crippen molar-refractivity contribution >= 4 is 5.91 Å². The van der Waals surface area contributed by atoms with E-state index in [1.165, 1.54) is 5.56 Å². The summed E-state index contributed by atoms with van der Waals surface area (Å²) < 4.78 is 10.4. The number of aromatic nitrogens is 1. The van der Waals surface area contributed by atoms with E-state index in [0.29, 0.717) is 12.4 Å². The Morgan fingerprint density at radius 2 is 1.96 bits per heavy atom. The van der Waals surface area contributed by atoms with Crippen molar-refractivity contribution < 1.29 is 14.1 Å². The highest BCUT2D eigenvalue weighted by atomic mass is 16.5. The van der Waals surface area contributed by atoms with Crippen LogP contribution in [0.5, 0.6) is 0 Å². The lowest BCUT2D eigenvalue weighted by Gasteiger charge is -2.18. The highest BCUT2D eigenvalue weighted by Gasteiger charge is 2.18. The molecule has 0 aliphatic rings. The number of methoxy groups -OCH3 is 1. The van der Waals surface area contributed by atoms with Gasteiger partial charge in [0.15, 0.2) is 11.5 Å². The van der Waals surface area contributed by atoms with Gasteiger partial charge in [0.2, 0.25) is 0 Å².